The topological polar surface area (TPSA) is 49.4 Å². The van der Waals surface area contributed by atoms with Gasteiger partial charge in [0.05, 0.1) is 5.75 Å². The first-order chi connectivity index (χ1) is 17.0. The number of carbonyl (C=O) groups excluding carboxylic acids is 2. The first-order valence-electron chi connectivity index (χ1n) is 12.3. The second-order valence-corrected chi connectivity index (χ2v) is 9.94. The van der Waals surface area contributed by atoms with Gasteiger partial charge in [0, 0.05) is 24.8 Å². The maximum atomic E-state index is 13.7. The average Bonchev–Trinajstić information content (AvgIpc) is 2.88. The molecule has 184 valence electrons. The number of amides is 2. The predicted molar refractivity (Wildman–Crippen MR) is 146 cm³/mol. The molecule has 0 saturated carbocycles. The van der Waals surface area contributed by atoms with Crippen molar-refractivity contribution >= 4 is 23.6 Å². The van der Waals surface area contributed by atoms with Crippen molar-refractivity contribution in [2.45, 2.75) is 58.0 Å². The Hall–Kier alpha value is -3.05. The van der Waals surface area contributed by atoms with Crippen molar-refractivity contribution in [3.8, 4) is 0 Å². The molecule has 35 heavy (non-hydrogen) atoms. The van der Waals surface area contributed by atoms with Gasteiger partial charge in [-0.1, -0.05) is 91.9 Å². The van der Waals surface area contributed by atoms with E-state index in [2.05, 4.69) is 17.4 Å². The van der Waals surface area contributed by atoms with Gasteiger partial charge in [-0.3, -0.25) is 9.59 Å². The molecule has 3 aromatic carbocycles. The van der Waals surface area contributed by atoms with Crippen LogP contribution in [0.2, 0.25) is 0 Å². The number of hydrogen-bond donors (Lipinski definition) is 1. The average molecular weight is 489 g/mol. The summed E-state index contributed by atoms with van der Waals surface area (Å²) in [6.07, 6.45) is 1.31. The summed E-state index contributed by atoms with van der Waals surface area (Å²) in [4.78, 5) is 29.0. The summed E-state index contributed by atoms with van der Waals surface area (Å²) in [7, 11) is 0. The number of benzene rings is 3. The minimum Gasteiger partial charge on any atom is -0.352 e. The summed E-state index contributed by atoms with van der Waals surface area (Å²) in [6.45, 7) is 6.50. The van der Waals surface area contributed by atoms with Gasteiger partial charge in [-0.2, -0.15) is 0 Å². The maximum Gasteiger partial charge on any atom is 0.243 e. The summed E-state index contributed by atoms with van der Waals surface area (Å²) in [5.41, 5.74) is 4.40. The third kappa shape index (κ3) is 8.29. The lowest BCUT2D eigenvalue weighted by atomic mass is 10.0. The first kappa shape index (κ1) is 26.6. The van der Waals surface area contributed by atoms with Gasteiger partial charge in [-0.05, 0) is 42.5 Å². The van der Waals surface area contributed by atoms with E-state index in [1.54, 1.807) is 16.7 Å². The van der Waals surface area contributed by atoms with Gasteiger partial charge in [0.25, 0.3) is 0 Å². The lowest BCUT2D eigenvalue weighted by molar-refractivity contribution is -0.139. The minimum absolute atomic E-state index is 0.0191. The van der Waals surface area contributed by atoms with E-state index in [0.29, 0.717) is 18.7 Å². The number of rotatable bonds is 12. The van der Waals surface area contributed by atoms with Crippen molar-refractivity contribution in [3.05, 3.63) is 107 Å². The van der Waals surface area contributed by atoms with Crippen LogP contribution in [0.15, 0.2) is 84.9 Å². The van der Waals surface area contributed by atoms with Crippen LogP contribution in [0.1, 0.15) is 42.5 Å². The highest BCUT2D eigenvalue weighted by Gasteiger charge is 2.31. The van der Waals surface area contributed by atoms with Crippen LogP contribution in [0.3, 0.4) is 0 Å². The molecule has 5 heteroatoms. The van der Waals surface area contributed by atoms with Gasteiger partial charge in [-0.15, -0.1) is 11.8 Å². The Morgan fingerprint density at radius 2 is 1.49 bits per heavy atom. The summed E-state index contributed by atoms with van der Waals surface area (Å²) in [6, 6.07) is 27.6. The molecule has 4 nitrogen and oxygen atoms in total. The third-order valence-corrected chi connectivity index (χ3v) is 7.20. The van der Waals surface area contributed by atoms with Crippen LogP contribution in [0.25, 0.3) is 0 Å². The van der Waals surface area contributed by atoms with E-state index in [1.165, 1.54) is 5.56 Å². The quantitative estimate of drug-likeness (QED) is 0.351. The fraction of sp³-hybridized carbons (Fsp3) is 0.333. The van der Waals surface area contributed by atoms with Crippen molar-refractivity contribution in [3.63, 3.8) is 0 Å². The molecular formula is C30H36N2O2S. The number of carbonyl (C=O) groups is 2. The number of aryl methyl sites for hydroxylation is 1. The third-order valence-electron chi connectivity index (χ3n) is 6.21. The number of thioether (sulfide) groups is 1. The molecule has 2 amide bonds. The molecular weight excluding hydrogens is 452 g/mol. The number of hydrogen-bond acceptors (Lipinski definition) is 3. The Morgan fingerprint density at radius 3 is 2.11 bits per heavy atom. The van der Waals surface area contributed by atoms with Crippen LogP contribution < -0.4 is 5.32 Å². The largest absolute Gasteiger partial charge is 0.352 e. The van der Waals surface area contributed by atoms with Crippen LogP contribution in [-0.2, 0) is 28.3 Å². The van der Waals surface area contributed by atoms with Gasteiger partial charge < -0.3 is 10.2 Å². The monoisotopic (exact) mass is 488 g/mol. The fourth-order valence-electron chi connectivity index (χ4n) is 3.88. The minimum atomic E-state index is -0.587. The Kier molecular flexibility index (Phi) is 10.4. The lowest BCUT2D eigenvalue weighted by Gasteiger charge is -2.32. The molecule has 0 saturated heterocycles. The van der Waals surface area contributed by atoms with Crippen LogP contribution in [-0.4, -0.2) is 34.6 Å². The lowest BCUT2D eigenvalue weighted by Crippen LogP contribution is -2.52. The summed E-state index contributed by atoms with van der Waals surface area (Å²) in [5.74, 6) is 0.961. The zero-order chi connectivity index (χ0) is 25.0. The van der Waals surface area contributed by atoms with Crippen molar-refractivity contribution < 1.29 is 9.59 Å². The Morgan fingerprint density at radius 1 is 0.886 bits per heavy atom. The van der Waals surface area contributed by atoms with Crippen LogP contribution in [0.5, 0.6) is 0 Å². The van der Waals surface area contributed by atoms with Gasteiger partial charge in [0.15, 0.2) is 0 Å². The van der Waals surface area contributed by atoms with Crippen LogP contribution in [0.4, 0.5) is 0 Å². The molecule has 0 heterocycles. The van der Waals surface area contributed by atoms with E-state index in [0.717, 1.165) is 28.9 Å². The molecule has 2 atom stereocenters. The molecule has 0 radical (unpaired) electrons. The number of nitrogens with one attached hydrogen (secondary N) is 1. The van der Waals surface area contributed by atoms with Crippen LogP contribution >= 0.6 is 11.8 Å². The molecule has 0 unspecified atom stereocenters. The molecule has 0 aliphatic rings. The highest BCUT2D eigenvalue weighted by molar-refractivity contribution is 7.99. The van der Waals surface area contributed by atoms with E-state index in [-0.39, 0.29) is 17.9 Å². The van der Waals surface area contributed by atoms with Crippen molar-refractivity contribution in [1.29, 1.82) is 0 Å². The van der Waals surface area contributed by atoms with Gasteiger partial charge in [0.2, 0.25) is 11.8 Å². The van der Waals surface area contributed by atoms with E-state index < -0.39 is 6.04 Å². The standard InChI is InChI=1S/C30H36N2O2S/c1-4-24(3)31-30(34)28(19-25-14-7-5-8-15-25)32(20-27-18-12-11-13-23(27)2)29(33)22-35-21-26-16-9-6-10-17-26/h5-18,24,28H,4,19-22H2,1-3H3,(H,31,34)/t24-,28-/m0/s1. The second kappa shape index (κ2) is 13.7. The molecule has 0 aliphatic heterocycles. The summed E-state index contributed by atoms with van der Waals surface area (Å²) < 4.78 is 0. The predicted octanol–water partition coefficient (Wildman–Crippen LogP) is 5.78. The molecule has 3 aromatic rings. The molecule has 0 fully saturated rings. The molecule has 1 N–H and O–H groups in total. The van der Waals surface area contributed by atoms with E-state index in [4.69, 9.17) is 0 Å². The van der Waals surface area contributed by atoms with Gasteiger partial charge >= 0.3 is 0 Å². The molecule has 0 aliphatic carbocycles. The number of nitrogens with zero attached hydrogens (tertiary/aromatic N) is 1. The zero-order valence-electron chi connectivity index (χ0n) is 20.9. The van der Waals surface area contributed by atoms with Crippen molar-refractivity contribution in [2.24, 2.45) is 0 Å². The molecule has 0 aromatic heterocycles. The zero-order valence-corrected chi connectivity index (χ0v) is 21.8. The Balaban J connectivity index is 1.87. The molecule has 3 rings (SSSR count). The summed E-state index contributed by atoms with van der Waals surface area (Å²) >= 11 is 1.59. The van der Waals surface area contributed by atoms with Crippen molar-refractivity contribution in [1.82, 2.24) is 10.2 Å². The molecule has 0 spiro atoms. The van der Waals surface area contributed by atoms with E-state index in [1.807, 2.05) is 93.6 Å². The second-order valence-electron chi connectivity index (χ2n) is 8.95. The Labute approximate surface area is 214 Å². The fourth-order valence-corrected chi connectivity index (χ4v) is 4.75. The van der Waals surface area contributed by atoms with Gasteiger partial charge in [-0.25, -0.2) is 0 Å². The smallest absolute Gasteiger partial charge is 0.243 e. The van der Waals surface area contributed by atoms with E-state index in [9.17, 15) is 9.59 Å². The SMILES string of the molecule is CC[C@H](C)NC(=O)[C@H](Cc1ccccc1)N(Cc1ccccc1C)C(=O)CSCc1ccccc1. The maximum absolute atomic E-state index is 13.7. The highest BCUT2D eigenvalue weighted by Crippen LogP contribution is 2.20. The van der Waals surface area contributed by atoms with Gasteiger partial charge in [0.1, 0.15) is 6.04 Å². The first-order valence-corrected chi connectivity index (χ1v) is 13.4. The van der Waals surface area contributed by atoms with Crippen molar-refractivity contribution in [2.75, 3.05) is 5.75 Å². The normalized spacial score (nSPS) is 12.5. The van der Waals surface area contributed by atoms with E-state index >= 15 is 0 Å². The molecule has 0 bridgehead atoms. The Bertz CT molecular complexity index is 1070. The van der Waals surface area contributed by atoms with Crippen LogP contribution in [0, 0.1) is 6.92 Å². The highest BCUT2D eigenvalue weighted by atomic mass is 32.2. The summed E-state index contributed by atoms with van der Waals surface area (Å²) in [5, 5.41) is 3.13.